The second kappa shape index (κ2) is 7.27. The van der Waals surface area contributed by atoms with Gasteiger partial charge in [-0.1, -0.05) is 0 Å². The van der Waals surface area contributed by atoms with Gasteiger partial charge in [0.15, 0.2) is 0 Å². The maximum absolute atomic E-state index is 12.5. The van der Waals surface area contributed by atoms with Crippen molar-refractivity contribution in [3.05, 3.63) is 16.4 Å². The van der Waals surface area contributed by atoms with Gasteiger partial charge in [-0.2, -0.15) is 0 Å². The van der Waals surface area contributed by atoms with E-state index in [1.165, 1.54) is 0 Å². The second-order valence-corrected chi connectivity index (χ2v) is 6.21. The smallest absolute Gasteiger partial charge is 0.392 e. The fourth-order valence-corrected chi connectivity index (χ4v) is 3.40. The molecule has 3 rings (SSSR count). The van der Waals surface area contributed by atoms with Crippen molar-refractivity contribution in [2.75, 3.05) is 33.4 Å². The molecule has 0 aliphatic carbocycles. The van der Waals surface area contributed by atoms with Crippen molar-refractivity contribution in [1.29, 1.82) is 0 Å². The maximum atomic E-state index is 12.5. The lowest BCUT2D eigenvalue weighted by Gasteiger charge is -2.34. The summed E-state index contributed by atoms with van der Waals surface area (Å²) in [5.41, 5.74) is 0. The normalized spacial score (nSPS) is 26.4. The lowest BCUT2D eigenvalue weighted by atomic mass is 9.91. The first-order valence-electron chi connectivity index (χ1n) is 8.11. The number of carbonyl (C=O) groups excluding carboxylic acids is 1. The van der Waals surface area contributed by atoms with Crippen LogP contribution in [0.25, 0.3) is 0 Å². The summed E-state index contributed by atoms with van der Waals surface area (Å²) in [6.07, 6.45) is 2.90. The molecule has 0 radical (unpaired) electrons. The van der Waals surface area contributed by atoms with Gasteiger partial charge >= 0.3 is 5.76 Å². The summed E-state index contributed by atoms with van der Waals surface area (Å²) in [4.78, 5) is 25.4. The standard InChI is InChI=1S/C15H23N3O5/c1-21-12-9-22-7-4-11(12)8-13(19)18-5-2-10(3-6-18)14-16-17-15(20)23-14/h10-12H,2-9H2,1H3,(H,17,20). The van der Waals surface area contributed by atoms with Crippen LogP contribution in [0.15, 0.2) is 9.21 Å². The number of amides is 1. The van der Waals surface area contributed by atoms with Crippen LogP contribution >= 0.6 is 0 Å². The molecule has 1 aromatic heterocycles. The highest BCUT2D eigenvalue weighted by Gasteiger charge is 2.31. The molecule has 2 saturated heterocycles. The summed E-state index contributed by atoms with van der Waals surface area (Å²) in [6.45, 7) is 2.59. The Hall–Kier alpha value is -1.67. The van der Waals surface area contributed by atoms with Crippen molar-refractivity contribution in [3.8, 4) is 0 Å². The van der Waals surface area contributed by atoms with Crippen LogP contribution in [0, 0.1) is 5.92 Å². The van der Waals surface area contributed by atoms with Gasteiger partial charge in [-0.25, -0.2) is 9.89 Å². The third-order valence-electron chi connectivity index (χ3n) is 4.83. The number of aromatic nitrogens is 2. The minimum Gasteiger partial charge on any atom is -0.392 e. The predicted molar refractivity (Wildman–Crippen MR) is 80.0 cm³/mol. The molecule has 0 saturated carbocycles. The average Bonchev–Trinajstić information content (AvgIpc) is 3.02. The second-order valence-electron chi connectivity index (χ2n) is 6.21. The number of carbonyl (C=O) groups is 1. The lowest BCUT2D eigenvalue weighted by molar-refractivity contribution is -0.137. The number of piperidine rings is 1. The molecule has 1 amide bonds. The van der Waals surface area contributed by atoms with E-state index in [4.69, 9.17) is 13.9 Å². The zero-order chi connectivity index (χ0) is 16.2. The third-order valence-corrected chi connectivity index (χ3v) is 4.83. The van der Waals surface area contributed by atoms with Gasteiger partial charge in [0.1, 0.15) is 0 Å². The fourth-order valence-electron chi connectivity index (χ4n) is 3.40. The molecular formula is C15H23N3O5. The monoisotopic (exact) mass is 325 g/mol. The highest BCUT2D eigenvalue weighted by molar-refractivity contribution is 5.76. The van der Waals surface area contributed by atoms with Gasteiger partial charge in [-0.15, -0.1) is 5.10 Å². The number of likely N-dealkylation sites (tertiary alicyclic amines) is 1. The van der Waals surface area contributed by atoms with E-state index >= 15 is 0 Å². The van der Waals surface area contributed by atoms with Crippen molar-refractivity contribution in [2.45, 2.75) is 37.7 Å². The molecule has 0 spiro atoms. The van der Waals surface area contributed by atoms with E-state index in [-0.39, 0.29) is 23.8 Å². The van der Waals surface area contributed by atoms with Gasteiger partial charge in [-0.3, -0.25) is 4.79 Å². The SMILES string of the molecule is COC1COCCC1CC(=O)N1CCC(c2n[nH]c(=O)o2)CC1. The Bertz CT molecular complexity index is 576. The summed E-state index contributed by atoms with van der Waals surface area (Å²) in [6, 6.07) is 0. The lowest BCUT2D eigenvalue weighted by Crippen LogP contribution is -2.42. The minimum atomic E-state index is -0.524. The molecule has 2 aliphatic rings. The number of ether oxygens (including phenoxy) is 2. The maximum Gasteiger partial charge on any atom is 0.434 e. The van der Waals surface area contributed by atoms with E-state index in [0.717, 1.165) is 19.3 Å². The number of hydrogen-bond acceptors (Lipinski definition) is 6. The molecule has 128 valence electrons. The van der Waals surface area contributed by atoms with Crippen LogP contribution in [-0.4, -0.2) is 60.5 Å². The quantitative estimate of drug-likeness (QED) is 0.866. The molecule has 2 atom stereocenters. The number of methoxy groups -OCH3 is 1. The zero-order valence-corrected chi connectivity index (χ0v) is 13.3. The summed E-state index contributed by atoms with van der Waals surface area (Å²) < 4.78 is 15.8. The zero-order valence-electron chi connectivity index (χ0n) is 13.3. The van der Waals surface area contributed by atoms with Crippen molar-refractivity contribution < 1.29 is 18.7 Å². The Balaban J connectivity index is 1.50. The van der Waals surface area contributed by atoms with Gasteiger partial charge < -0.3 is 18.8 Å². The van der Waals surface area contributed by atoms with Crippen molar-refractivity contribution in [1.82, 2.24) is 15.1 Å². The number of nitrogens with one attached hydrogen (secondary N) is 1. The summed E-state index contributed by atoms with van der Waals surface area (Å²) >= 11 is 0. The Kier molecular flexibility index (Phi) is 5.12. The van der Waals surface area contributed by atoms with Crippen LogP contribution in [-0.2, 0) is 14.3 Å². The van der Waals surface area contributed by atoms with Gasteiger partial charge in [-0.05, 0) is 25.2 Å². The Morgan fingerprint density at radius 1 is 1.39 bits per heavy atom. The van der Waals surface area contributed by atoms with E-state index in [1.807, 2.05) is 4.90 Å². The predicted octanol–water partition coefficient (Wildman–Crippen LogP) is 0.511. The molecule has 1 N–H and O–H groups in total. The van der Waals surface area contributed by atoms with E-state index in [9.17, 15) is 9.59 Å². The summed E-state index contributed by atoms with van der Waals surface area (Å²) in [7, 11) is 1.67. The molecule has 8 heteroatoms. The van der Waals surface area contributed by atoms with E-state index in [0.29, 0.717) is 38.6 Å². The van der Waals surface area contributed by atoms with Gasteiger partial charge in [0.25, 0.3) is 0 Å². The van der Waals surface area contributed by atoms with Crippen molar-refractivity contribution in [3.63, 3.8) is 0 Å². The Morgan fingerprint density at radius 2 is 2.17 bits per heavy atom. The summed E-state index contributed by atoms with van der Waals surface area (Å²) in [5, 5.41) is 6.17. The highest BCUT2D eigenvalue weighted by atomic mass is 16.5. The van der Waals surface area contributed by atoms with Crippen LogP contribution < -0.4 is 5.76 Å². The van der Waals surface area contributed by atoms with Gasteiger partial charge in [0, 0.05) is 39.1 Å². The molecule has 1 aromatic rings. The fraction of sp³-hybridized carbons (Fsp3) is 0.800. The van der Waals surface area contributed by atoms with Crippen LogP contribution in [0.5, 0.6) is 0 Å². The van der Waals surface area contributed by atoms with Crippen molar-refractivity contribution >= 4 is 5.91 Å². The number of rotatable bonds is 4. The van der Waals surface area contributed by atoms with Crippen LogP contribution in [0.3, 0.4) is 0 Å². The van der Waals surface area contributed by atoms with Gasteiger partial charge in [0.2, 0.25) is 11.8 Å². The van der Waals surface area contributed by atoms with E-state index in [1.54, 1.807) is 7.11 Å². The topological polar surface area (TPSA) is 97.7 Å². The largest absolute Gasteiger partial charge is 0.434 e. The van der Waals surface area contributed by atoms with E-state index in [2.05, 4.69) is 10.2 Å². The Labute approximate surface area is 134 Å². The first-order valence-corrected chi connectivity index (χ1v) is 8.11. The molecule has 2 fully saturated rings. The van der Waals surface area contributed by atoms with Crippen molar-refractivity contribution in [2.24, 2.45) is 5.92 Å². The first kappa shape index (κ1) is 16.2. The van der Waals surface area contributed by atoms with Crippen LogP contribution in [0.2, 0.25) is 0 Å². The first-order chi connectivity index (χ1) is 11.2. The Morgan fingerprint density at radius 3 is 2.83 bits per heavy atom. The van der Waals surface area contributed by atoms with E-state index < -0.39 is 5.76 Å². The molecule has 0 aromatic carbocycles. The minimum absolute atomic E-state index is 0.00331. The molecule has 8 nitrogen and oxygen atoms in total. The molecule has 23 heavy (non-hydrogen) atoms. The third kappa shape index (κ3) is 3.81. The summed E-state index contributed by atoms with van der Waals surface area (Å²) in [5.74, 6) is 0.423. The molecule has 3 heterocycles. The molecule has 2 unspecified atom stereocenters. The van der Waals surface area contributed by atoms with Crippen LogP contribution in [0.4, 0.5) is 0 Å². The average molecular weight is 325 g/mol. The number of hydrogen-bond donors (Lipinski definition) is 1. The number of H-pyrrole nitrogens is 1. The molecule has 0 bridgehead atoms. The highest BCUT2D eigenvalue weighted by Crippen LogP contribution is 2.28. The molecule has 2 aliphatic heterocycles. The molecular weight excluding hydrogens is 302 g/mol. The van der Waals surface area contributed by atoms with Crippen LogP contribution in [0.1, 0.15) is 37.5 Å². The van der Waals surface area contributed by atoms with Gasteiger partial charge in [0.05, 0.1) is 12.7 Å². The number of nitrogens with zero attached hydrogens (tertiary/aromatic N) is 2. The number of aromatic amines is 1.